The normalized spacial score (nSPS) is 26.8. The zero-order valence-electron chi connectivity index (χ0n) is 11.7. The standard InChI is InChI=1S/C14H28N2O2/c1-16-8-5-13(6-9-16)15-7-3-10-17-12-14-4-2-11-18-14/h13-15H,2-12H2,1H3. The Morgan fingerprint density at radius 3 is 2.83 bits per heavy atom. The molecule has 0 spiro atoms. The van der Waals surface area contributed by atoms with Gasteiger partial charge in [0.25, 0.3) is 0 Å². The lowest BCUT2D eigenvalue weighted by atomic mass is 10.1. The maximum atomic E-state index is 5.65. The molecule has 1 unspecified atom stereocenters. The average molecular weight is 256 g/mol. The molecule has 0 aromatic carbocycles. The first-order valence-corrected chi connectivity index (χ1v) is 7.46. The summed E-state index contributed by atoms with van der Waals surface area (Å²) in [6.45, 7) is 6.11. The van der Waals surface area contributed by atoms with Gasteiger partial charge in [-0.15, -0.1) is 0 Å². The number of hydrogen-bond acceptors (Lipinski definition) is 4. The van der Waals surface area contributed by atoms with Crippen LogP contribution in [0.5, 0.6) is 0 Å². The maximum Gasteiger partial charge on any atom is 0.0809 e. The Morgan fingerprint density at radius 1 is 1.28 bits per heavy atom. The number of piperidine rings is 1. The van der Waals surface area contributed by atoms with Crippen molar-refractivity contribution in [2.75, 3.05) is 46.5 Å². The quantitative estimate of drug-likeness (QED) is 0.695. The third-order valence-corrected chi connectivity index (χ3v) is 3.94. The number of nitrogens with one attached hydrogen (secondary N) is 1. The molecule has 0 radical (unpaired) electrons. The smallest absolute Gasteiger partial charge is 0.0809 e. The lowest BCUT2D eigenvalue weighted by Gasteiger charge is -2.29. The van der Waals surface area contributed by atoms with Crippen molar-refractivity contribution in [3.05, 3.63) is 0 Å². The Balaban J connectivity index is 1.39. The van der Waals surface area contributed by atoms with E-state index in [0.717, 1.165) is 38.8 Å². The first-order chi connectivity index (χ1) is 8.84. The van der Waals surface area contributed by atoms with Crippen LogP contribution in [0.1, 0.15) is 32.1 Å². The second-order valence-corrected chi connectivity index (χ2v) is 5.60. The van der Waals surface area contributed by atoms with Gasteiger partial charge in [-0.1, -0.05) is 0 Å². The minimum absolute atomic E-state index is 0.367. The second kappa shape index (κ2) is 8.10. The van der Waals surface area contributed by atoms with E-state index in [-0.39, 0.29) is 0 Å². The Morgan fingerprint density at radius 2 is 2.11 bits per heavy atom. The van der Waals surface area contributed by atoms with E-state index in [1.54, 1.807) is 0 Å². The van der Waals surface area contributed by atoms with Gasteiger partial charge in [-0.2, -0.15) is 0 Å². The molecule has 0 aromatic rings. The van der Waals surface area contributed by atoms with Gasteiger partial charge in [0.15, 0.2) is 0 Å². The van der Waals surface area contributed by atoms with E-state index in [4.69, 9.17) is 9.47 Å². The van der Waals surface area contributed by atoms with Gasteiger partial charge in [-0.25, -0.2) is 0 Å². The molecule has 106 valence electrons. The first kappa shape index (κ1) is 14.3. The third-order valence-electron chi connectivity index (χ3n) is 3.94. The Kier molecular flexibility index (Phi) is 6.41. The van der Waals surface area contributed by atoms with Gasteiger partial charge in [0.2, 0.25) is 0 Å². The van der Waals surface area contributed by atoms with Gasteiger partial charge in [0, 0.05) is 19.3 Å². The van der Waals surface area contributed by atoms with Crippen LogP contribution in [0.4, 0.5) is 0 Å². The van der Waals surface area contributed by atoms with Gasteiger partial charge in [-0.05, 0) is 58.8 Å². The van der Waals surface area contributed by atoms with Crippen LogP contribution < -0.4 is 5.32 Å². The average Bonchev–Trinajstić information content (AvgIpc) is 2.89. The number of likely N-dealkylation sites (tertiary alicyclic amines) is 1. The van der Waals surface area contributed by atoms with Crippen LogP contribution in [-0.4, -0.2) is 63.5 Å². The van der Waals surface area contributed by atoms with E-state index in [0.29, 0.717) is 6.10 Å². The van der Waals surface area contributed by atoms with E-state index in [2.05, 4.69) is 17.3 Å². The van der Waals surface area contributed by atoms with Crippen LogP contribution in [-0.2, 0) is 9.47 Å². The lowest BCUT2D eigenvalue weighted by molar-refractivity contribution is 0.0164. The van der Waals surface area contributed by atoms with Crippen LogP contribution in [0.25, 0.3) is 0 Å². The molecule has 2 aliphatic rings. The molecule has 0 amide bonds. The molecular formula is C14H28N2O2. The molecule has 0 bridgehead atoms. The summed E-state index contributed by atoms with van der Waals surface area (Å²) in [5.41, 5.74) is 0. The Hall–Kier alpha value is -0.160. The highest BCUT2D eigenvalue weighted by Crippen LogP contribution is 2.12. The van der Waals surface area contributed by atoms with Crippen LogP contribution in [0.2, 0.25) is 0 Å². The monoisotopic (exact) mass is 256 g/mol. The van der Waals surface area contributed by atoms with Crippen molar-refractivity contribution in [1.82, 2.24) is 10.2 Å². The van der Waals surface area contributed by atoms with Crippen molar-refractivity contribution in [2.24, 2.45) is 0 Å². The van der Waals surface area contributed by atoms with Crippen LogP contribution >= 0.6 is 0 Å². The van der Waals surface area contributed by atoms with Gasteiger partial charge in [-0.3, -0.25) is 0 Å². The van der Waals surface area contributed by atoms with Gasteiger partial charge in [0.05, 0.1) is 12.7 Å². The fourth-order valence-corrected chi connectivity index (χ4v) is 2.68. The van der Waals surface area contributed by atoms with Gasteiger partial charge in [0.1, 0.15) is 0 Å². The van der Waals surface area contributed by atoms with Crippen LogP contribution in [0.15, 0.2) is 0 Å². The predicted molar refractivity (Wildman–Crippen MR) is 72.9 cm³/mol. The van der Waals surface area contributed by atoms with E-state index >= 15 is 0 Å². The van der Waals surface area contributed by atoms with Crippen molar-refractivity contribution in [1.29, 1.82) is 0 Å². The van der Waals surface area contributed by atoms with E-state index in [9.17, 15) is 0 Å². The van der Waals surface area contributed by atoms with E-state index in [1.165, 1.54) is 38.8 Å². The summed E-state index contributed by atoms with van der Waals surface area (Å²) in [5.74, 6) is 0. The third kappa shape index (κ3) is 5.22. The molecule has 2 rings (SSSR count). The number of rotatable bonds is 7. The summed E-state index contributed by atoms with van der Waals surface area (Å²) in [4.78, 5) is 2.41. The molecule has 2 heterocycles. The predicted octanol–water partition coefficient (Wildman–Crippen LogP) is 1.26. The number of ether oxygens (including phenoxy) is 2. The zero-order chi connectivity index (χ0) is 12.6. The second-order valence-electron chi connectivity index (χ2n) is 5.60. The number of hydrogen-bond donors (Lipinski definition) is 1. The molecule has 0 aromatic heterocycles. The fraction of sp³-hybridized carbons (Fsp3) is 1.00. The van der Waals surface area contributed by atoms with Crippen molar-refractivity contribution >= 4 is 0 Å². The van der Waals surface area contributed by atoms with Crippen molar-refractivity contribution < 1.29 is 9.47 Å². The topological polar surface area (TPSA) is 33.7 Å². The maximum absolute atomic E-state index is 5.65. The first-order valence-electron chi connectivity index (χ1n) is 7.46. The van der Waals surface area contributed by atoms with E-state index in [1.807, 2.05) is 0 Å². The van der Waals surface area contributed by atoms with Crippen molar-refractivity contribution in [3.8, 4) is 0 Å². The highest BCUT2D eigenvalue weighted by molar-refractivity contribution is 4.75. The largest absolute Gasteiger partial charge is 0.379 e. The van der Waals surface area contributed by atoms with E-state index < -0.39 is 0 Å². The molecule has 2 fully saturated rings. The Labute approximate surface area is 111 Å². The van der Waals surface area contributed by atoms with Gasteiger partial charge >= 0.3 is 0 Å². The molecule has 2 aliphatic heterocycles. The minimum atomic E-state index is 0.367. The zero-order valence-corrected chi connectivity index (χ0v) is 11.7. The summed E-state index contributed by atoms with van der Waals surface area (Å²) in [6, 6.07) is 0.722. The van der Waals surface area contributed by atoms with Crippen LogP contribution in [0.3, 0.4) is 0 Å². The SMILES string of the molecule is CN1CCC(NCCCOCC2CCCO2)CC1. The molecule has 0 aliphatic carbocycles. The van der Waals surface area contributed by atoms with Crippen molar-refractivity contribution in [2.45, 2.75) is 44.2 Å². The summed E-state index contributed by atoms with van der Waals surface area (Å²) in [6.07, 6.45) is 6.42. The lowest BCUT2D eigenvalue weighted by Crippen LogP contribution is -2.41. The number of nitrogens with zero attached hydrogens (tertiary/aromatic N) is 1. The molecule has 18 heavy (non-hydrogen) atoms. The van der Waals surface area contributed by atoms with Gasteiger partial charge < -0.3 is 19.7 Å². The summed E-state index contributed by atoms with van der Waals surface area (Å²) < 4.78 is 11.2. The molecule has 1 N–H and O–H groups in total. The highest BCUT2D eigenvalue weighted by atomic mass is 16.5. The molecule has 2 saturated heterocycles. The van der Waals surface area contributed by atoms with Crippen LogP contribution in [0, 0.1) is 0 Å². The summed E-state index contributed by atoms with van der Waals surface area (Å²) in [5, 5.41) is 3.63. The fourth-order valence-electron chi connectivity index (χ4n) is 2.68. The minimum Gasteiger partial charge on any atom is -0.379 e. The Bertz CT molecular complexity index is 212. The molecule has 4 nitrogen and oxygen atoms in total. The summed E-state index contributed by atoms with van der Waals surface area (Å²) >= 11 is 0. The molecule has 4 heteroatoms. The summed E-state index contributed by atoms with van der Waals surface area (Å²) in [7, 11) is 2.20. The van der Waals surface area contributed by atoms with Crippen molar-refractivity contribution in [3.63, 3.8) is 0 Å². The molecular weight excluding hydrogens is 228 g/mol. The molecule has 0 saturated carbocycles. The molecule has 1 atom stereocenters. The highest BCUT2D eigenvalue weighted by Gasteiger charge is 2.16.